The Morgan fingerprint density at radius 1 is 1.10 bits per heavy atom. The zero-order valence-electron chi connectivity index (χ0n) is 13.1. The van der Waals surface area contributed by atoms with E-state index in [1.54, 1.807) is 0 Å². The minimum absolute atomic E-state index is 0.143. The van der Waals surface area contributed by atoms with E-state index in [9.17, 15) is 0 Å². The summed E-state index contributed by atoms with van der Waals surface area (Å²) in [5.74, 6) is 0. The van der Waals surface area contributed by atoms with Gasteiger partial charge in [0.05, 0.1) is 0 Å². The summed E-state index contributed by atoms with van der Waals surface area (Å²) < 4.78 is 30.1. The summed E-state index contributed by atoms with van der Waals surface area (Å²) in [4.78, 5) is 0. The molecule has 0 amide bonds. The summed E-state index contributed by atoms with van der Waals surface area (Å²) in [6.07, 6.45) is 3.00. The van der Waals surface area contributed by atoms with Crippen LogP contribution in [0.4, 0.5) is 0 Å². The van der Waals surface area contributed by atoms with Gasteiger partial charge in [-0.1, -0.05) is 6.42 Å². The lowest BCUT2D eigenvalue weighted by molar-refractivity contribution is -0.234. The van der Waals surface area contributed by atoms with Gasteiger partial charge in [-0.3, -0.25) is 0 Å². The summed E-state index contributed by atoms with van der Waals surface area (Å²) in [5, 5.41) is 0. The maximum Gasteiger partial charge on any atom is 0.399 e. The van der Waals surface area contributed by atoms with Crippen LogP contribution in [0.2, 0.25) is 6.04 Å². The molecule has 0 N–H and O–H groups in total. The van der Waals surface area contributed by atoms with E-state index < -0.39 is 14.0 Å². The molecule has 2 fully saturated rings. The van der Waals surface area contributed by atoms with E-state index >= 15 is 0 Å². The molecule has 3 unspecified atom stereocenters. The average Bonchev–Trinajstić information content (AvgIpc) is 3.09. The first-order valence-corrected chi connectivity index (χ1v) is 9.90. The molecule has 0 saturated carbocycles. The molecule has 5 nitrogen and oxygen atoms in total. The largest absolute Gasteiger partial charge is 0.399 e. The Bertz CT molecular complexity index is 298. The van der Waals surface area contributed by atoms with Crippen molar-refractivity contribution in [3.8, 4) is 0 Å². The van der Waals surface area contributed by atoms with E-state index in [1.807, 2.05) is 27.7 Å². The van der Waals surface area contributed by atoms with Crippen LogP contribution < -0.4 is 0 Å². The Labute approximate surface area is 123 Å². The number of ether oxygens (including phenoxy) is 3. The van der Waals surface area contributed by atoms with Gasteiger partial charge >= 0.3 is 8.56 Å². The number of rotatable bonds is 8. The second kappa shape index (κ2) is 6.85. The summed E-state index contributed by atoms with van der Waals surface area (Å²) >= 11 is 0. The van der Waals surface area contributed by atoms with Crippen molar-refractivity contribution in [2.75, 3.05) is 19.8 Å². The number of hydrogen-bond acceptors (Lipinski definition) is 5. The maximum absolute atomic E-state index is 6.23. The van der Waals surface area contributed by atoms with Crippen LogP contribution in [0.5, 0.6) is 0 Å². The van der Waals surface area contributed by atoms with Crippen molar-refractivity contribution in [3.05, 3.63) is 0 Å². The van der Waals surface area contributed by atoms with Gasteiger partial charge in [0.2, 0.25) is 5.41 Å². The summed E-state index contributed by atoms with van der Waals surface area (Å²) in [7, 11) is -2.56. The average molecular weight is 304 g/mol. The van der Waals surface area contributed by atoms with Gasteiger partial charge in [-0.15, -0.1) is 0 Å². The third-order valence-corrected chi connectivity index (χ3v) is 8.13. The van der Waals surface area contributed by atoms with E-state index in [0.717, 1.165) is 25.3 Å². The highest BCUT2D eigenvalue weighted by Crippen LogP contribution is 2.44. The third kappa shape index (κ3) is 3.10. The van der Waals surface area contributed by atoms with E-state index in [2.05, 4.69) is 0 Å². The second-order valence-electron chi connectivity index (χ2n) is 5.34. The second-order valence-corrected chi connectivity index (χ2v) is 8.68. The van der Waals surface area contributed by atoms with Crippen molar-refractivity contribution in [3.63, 3.8) is 0 Å². The molecule has 20 heavy (non-hydrogen) atoms. The zero-order valence-corrected chi connectivity index (χ0v) is 14.1. The van der Waals surface area contributed by atoms with Crippen molar-refractivity contribution in [2.45, 2.75) is 70.8 Å². The minimum atomic E-state index is -2.56. The van der Waals surface area contributed by atoms with Gasteiger partial charge < -0.3 is 23.1 Å². The fourth-order valence-corrected chi connectivity index (χ4v) is 7.10. The Balaban J connectivity index is 2.25. The molecule has 0 aromatic rings. The van der Waals surface area contributed by atoms with Crippen molar-refractivity contribution >= 4 is 8.56 Å². The number of hydrogen-bond donors (Lipinski definition) is 0. The third-order valence-electron chi connectivity index (χ3n) is 3.94. The lowest BCUT2D eigenvalue weighted by Gasteiger charge is -2.48. The predicted octanol–water partition coefficient (Wildman–Crippen LogP) is 2.72. The fraction of sp³-hybridized carbons (Fsp3) is 1.00. The van der Waals surface area contributed by atoms with Gasteiger partial charge in [0, 0.05) is 26.2 Å². The molecule has 118 valence electrons. The molecule has 0 radical (unpaired) electrons. The molecule has 2 heterocycles. The van der Waals surface area contributed by atoms with Crippen molar-refractivity contribution in [2.24, 2.45) is 0 Å². The Morgan fingerprint density at radius 3 is 2.25 bits per heavy atom. The van der Waals surface area contributed by atoms with Gasteiger partial charge in [0.15, 0.2) is 6.29 Å². The van der Waals surface area contributed by atoms with Crippen LogP contribution in [0.1, 0.15) is 47.0 Å². The van der Waals surface area contributed by atoms with Crippen LogP contribution in [0.3, 0.4) is 0 Å². The molecule has 6 heteroatoms. The molecule has 2 aliphatic heterocycles. The standard InChI is InChI=1S/C14H28O5Si/c1-5-15-14(19-13-12(4)18-13)10-8-9-11-20(14,16-6-2)17-7-3/h12-13H,5-11H2,1-4H3. The summed E-state index contributed by atoms with van der Waals surface area (Å²) in [5.41, 5.74) is -0.721. The molecule has 0 aliphatic carbocycles. The van der Waals surface area contributed by atoms with Gasteiger partial charge in [0.1, 0.15) is 6.10 Å². The first kappa shape index (κ1) is 16.4. The monoisotopic (exact) mass is 304 g/mol. The van der Waals surface area contributed by atoms with Crippen LogP contribution in [-0.2, 0) is 23.1 Å². The van der Waals surface area contributed by atoms with E-state index in [1.165, 1.54) is 0 Å². The highest BCUT2D eigenvalue weighted by molar-refractivity contribution is 6.70. The summed E-state index contributed by atoms with van der Waals surface area (Å²) in [6.45, 7) is 9.88. The SMILES string of the molecule is CCOC1(OC2OC2C)CCCC[Si]1(OCC)OCC. The molecule has 0 aromatic carbocycles. The topological polar surface area (TPSA) is 49.5 Å². The van der Waals surface area contributed by atoms with E-state index in [4.69, 9.17) is 23.1 Å². The Kier molecular flexibility index (Phi) is 5.61. The minimum Gasteiger partial charge on any atom is -0.392 e. The molecular weight excluding hydrogens is 276 g/mol. The molecule has 0 spiro atoms. The van der Waals surface area contributed by atoms with Crippen molar-refractivity contribution < 1.29 is 23.1 Å². The Hall–Kier alpha value is 0.0169. The van der Waals surface area contributed by atoms with Gasteiger partial charge in [-0.05, 0) is 40.2 Å². The first-order chi connectivity index (χ1) is 9.63. The van der Waals surface area contributed by atoms with E-state index in [0.29, 0.717) is 19.8 Å². The smallest absolute Gasteiger partial charge is 0.392 e. The van der Waals surface area contributed by atoms with Crippen molar-refractivity contribution in [1.29, 1.82) is 0 Å². The molecule has 0 aromatic heterocycles. The molecule has 2 saturated heterocycles. The lowest BCUT2D eigenvalue weighted by atomic mass is 10.2. The molecule has 2 rings (SSSR count). The molecular formula is C14H28O5Si. The van der Waals surface area contributed by atoms with Crippen molar-refractivity contribution in [1.82, 2.24) is 0 Å². The lowest BCUT2D eigenvalue weighted by Crippen LogP contribution is -2.67. The maximum atomic E-state index is 6.23. The van der Waals surface area contributed by atoms with Crippen LogP contribution in [0.15, 0.2) is 0 Å². The molecule has 2 aliphatic rings. The van der Waals surface area contributed by atoms with Crippen LogP contribution in [-0.4, -0.2) is 46.2 Å². The Morgan fingerprint density at radius 2 is 1.75 bits per heavy atom. The van der Waals surface area contributed by atoms with Crippen LogP contribution in [0.25, 0.3) is 0 Å². The highest BCUT2D eigenvalue weighted by atomic mass is 28.4. The quantitative estimate of drug-likeness (QED) is 0.392. The predicted molar refractivity (Wildman–Crippen MR) is 77.4 cm³/mol. The normalized spacial score (nSPS) is 36.0. The first-order valence-electron chi connectivity index (χ1n) is 7.88. The van der Waals surface area contributed by atoms with Gasteiger partial charge in [-0.25, -0.2) is 0 Å². The summed E-state index contributed by atoms with van der Waals surface area (Å²) in [6, 6.07) is 0.926. The number of epoxide rings is 1. The molecule has 3 atom stereocenters. The van der Waals surface area contributed by atoms with Gasteiger partial charge in [-0.2, -0.15) is 0 Å². The van der Waals surface area contributed by atoms with E-state index in [-0.39, 0.29) is 12.4 Å². The zero-order chi connectivity index (χ0) is 14.6. The van der Waals surface area contributed by atoms with Crippen LogP contribution >= 0.6 is 0 Å². The fourth-order valence-electron chi connectivity index (χ4n) is 3.04. The highest BCUT2D eigenvalue weighted by Gasteiger charge is 2.64. The molecule has 0 bridgehead atoms. The van der Waals surface area contributed by atoms with Crippen LogP contribution in [0, 0.1) is 0 Å². The van der Waals surface area contributed by atoms with Gasteiger partial charge in [0.25, 0.3) is 0 Å².